The number of carbonyl (C=O) groups excluding carboxylic acids is 1. The van der Waals surface area contributed by atoms with Crippen molar-refractivity contribution in [1.82, 2.24) is 0 Å². The molecule has 4 atom stereocenters. The summed E-state index contributed by atoms with van der Waals surface area (Å²) in [5.41, 5.74) is 0. The zero-order chi connectivity index (χ0) is 10.4. The molecule has 0 saturated heterocycles. The van der Waals surface area contributed by atoms with E-state index in [0.29, 0.717) is 0 Å². The van der Waals surface area contributed by atoms with Crippen molar-refractivity contribution in [2.75, 3.05) is 7.09 Å². The fourth-order valence-corrected chi connectivity index (χ4v) is 0.751. The van der Waals surface area contributed by atoms with Crippen molar-refractivity contribution >= 4 is 6.29 Å². The number of aldehydes is 1. The lowest BCUT2D eigenvalue weighted by atomic mass is 10.1. The maximum atomic E-state index is 10.2. The molecule has 5 heteroatoms. The molecule has 0 aromatic rings. The van der Waals surface area contributed by atoms with Crippen LogP contribution < -0.4 is 0 Å². The normalized spacial score (nSPS) is 22.2. The van der Waals surface area contributed by atoms with Gasteiger partial charge < -0.3 is 24.9 Å². The molecule has 0 spiro atoms. The Balaban J connectivity index is 4.30. The van der Waals surface area contributed by atoms with E-state index in [-0.39, 0.29) is 6.29 Å². The monoisotopic (exact) mass is 179 g/mol. The molecule has 0 aliphatic heterocycles. The van der Waals surface area contributed by atoms with Crippen LogP contribution in [0.4, 0.5) is 0 Å². The van der Waals surface area contributed by atoms with Crippen molar-refractivity contribution in [1.29, 1.82) is 0 Å². The van der Waals surface area contributed by atoms with Crippen LogP contribution in [0.3, 0.4) is 0 Å². The molecule has 0 fully saturated rings. The Hall–Kier alpha value is -0.490. The molecule has 0 amide bonds. The molecule has 0 heterocycles. The van der Waals surface area contributed by atoms with Crippen LogP contribution in [0, 0.1) is 0 Å². The summed E-state index contributed by atoms with van der Waals surface area (Å²) >= 11 is 0. The van der Waals surface area contributed by atoms with Crippen molar-refractivity contribution in [2.24, 2.45) is 0 Å². The molecule has 0 aliphatic rings. The lowest BCUT2D eigenvalue weighted by molar-refractivity contribution is -0.138. The molecule has 5 nitrogen and oxygen atoms in total. The molecular formula is C7H14O5. The van der Waals surface area contributed by atoms with Gasteiger partial charge in [-0.2, -0.15) is 0 Å². The van der Waals surface area contributed by atoms with Gasteiger partial charge in [0.2, 0.25) is 0 Å². The Kier molecular flexibility index (Phi) is 4.16. The second-order valence-corrected chi connectivity index (χ2v) is 2.49. The Morgan fingerprint density at radius 1 is 1.50 bits per heavy atom. The summed E-state index contributed by atoms with van der Waals surface area (Å²) in [7, 11) is -0.501. The quantitative estimate of drug-likeness (QED) is 0.438. The first-order valence-electron chi connectivity index (χ1n) is 4.15. The Bertz CT molecular complexity index is 152. The lowest BCUT2D eigenvalue weighted by Gasteiger charge is -2.24. The molecule has 0 radical (unpaired) electrons. The van der Waals surface area contributed by atoms with E-state index in [9.17, 15) is 9.90 Å². The summed E-state index contributed by atoms with van der Waals surface area (Å²) in [5.74, 6) is 0. The summed E-state index contributed by atoms with van der Waals surface area (Å²) in [6.07, 6.45) is -5.12. The van der Waals surface area contributed by atoms with Gasteiger partial charge in [0.05, 0.1) is 7.47 Å². The number of ether oxygens (including phenoxy) is 1. The van der Waals surface area contributed by atoms with Gasteiger partial charge in [-0.05, 0) is 6.92 Å². The predicted molar refractivity (Wildman–Crippen MR) is 40.6 cm³/mol. The molecule has 0 bridgehead atoms. The topological polar surface area (TPSA) is 87.0 Å². The van der Waals surface area contributed by atoms with E-state index in [1.165, 1.54) is 6.92 Å². The van der Waals surface area contributed by atoms with E-state index >= 15 is 0 Å². The number of aliphatic hydroxyl groups is 3. The first-order valence-corrected chi connectivity index (χ1v) is 3.45. The number of rotatable bonds is 5. The maximum absolute atomic E-state index is 10.2. The number of hydrogen-bond donors (Lipinski definition) is 3. The third-order valence-electron chi connectivity index (χ3n) is 1.50. The van der Waals surface area contributed by atoms with E-state index in [0.717, 1.165) is 0 Å². The lowest BCUT2D eigenvalue weighted by Crippen LogP contribution is -2.45. The van der Waals surface area contributed by atoms with E-state index < -0.39 is 31.5 Å². The van der Waals surface area contributed by atoms with Crippen LogP contribution in [0.25, 0.3) is 0 Å². The van der Waals surface area contributed by atoms with Crippen LogP contribution in [0.1, 0.15) is 8.29 Å². The predicted octanol–water partition coefficient (Wildman–Crippen LogP) is -1.70. The van der Waals surface area contributed by atoms with E-state index in [1.54, 1.807) is 0 Å². The number of hydrogen-bond acceptors (Lipinski definition) is 5. The van der Waals surface area contributed by atoms with Gasteiger partial charge in [-0.25, -0.2) is 0 Å². The first-order chi connectivity index (χ1) is 6.04. The molecule has 0 aliphatic carbocycles. The number of carbonyl (C=O) groups is 1. The molecule has 12 heavy (non-hydrogen) atoms. The van der Waals surface area contributed by atoms with Crippen LogP contribution in [-0.4, -0.2) is 53.1 Å². The number of methoxy groups -OCH3 is 1. The van der Waals surface area contributed by atoms with E-state index in [2.05, 4.69) is 4.74 Å². The van der Waals surface area contributed by atoms with Crippen molar-refractivity contribution < 1.29 is 26.2 Å². The zero-order valence-corrected chi connectivity index (χ0v) is 6.75. The third kappa shape index (κ3) is 2.86. The molecule has 0 aromatic carbocycles. The van der Waals surface area contributed by atoms with Crippen molar-refractivity contribution in [3.8, 4) is 0 Å². The van der Waals surface area contributed by atoms with Gasteiger partial charge in [-0.15, -0.1) is 0 Å². The van der Waals surface area contributed by atoms with Crippen LogP contribution >= 0.6 is 0 Å². The van der Waals surface area contributed by atoms with Crippen LogP contribution in [-0.2, 0) is 9.53 Å². The molecular weight excluding hydrogens is 164 g/mol. The Morgan fingerprint density at radius 3 is 2.42 bits per heavy atom. The van der Waals surface area contributed by atoms with Crippen LogP contribution in [0.15, 0.2) is 0 Å². The Morgan fingerprint density at radius 2 is 2.08 bits per heavy atom. The standard InChI is InChI=1S/C7H14O5/c1-4(9)6(11)7(12-2)5(10)3-8/h3-7,9-11H,1-2H3/t4-,5-,6-,7-/m0/s1/i2D. The average molecular weight is 179 g/mol. The average Bonchev–Trinajstić information content (AvgIpc) is 2.11. The van der Waals surface area contributed by atoms with Gasteiger partial charge in [0.15, 0.2) is 6.29 Å². The summed E-state index contributed by atoms with van der Waals surface area (Å²) in [5, 5.41) is 27.2. The van der Waals surface area contributed by atoms with Crippen LogP contribution in [0.2, 0.25) is 0 Å². The fraction of sp³-hybridized carbons (Fsp3) is 0.857. The summed E-state index contributed by atoms with van der Waals surface area (Å²) in [4.78, 5) is 10.2. The second-order valence-electron chi connectivity index (χ2n) is 2.49. The van der Waals surface area contributed by atoms with Gasteiger partial charge >= 0.3 is 0 Å². The van der Waals surface area contributed by atoms with Crippen molar-refractivity contribution in [3.63, 3.8) is 0 Å². The minimum absolute atomic E-state index is 0.186. The highest BCUT2D eigenvalue weighted by Gasteiger charge is 2.29. The third-order valence-corrected chi connectivity index (χ3v) is 1.50. The molecule has 0 rings (SSSR count). The van der Waals surface area contributed by atoms with Gasteiger partial charge in [-0.1, -0.05) is 0 Å². The highest BCUT2D eigenvalue weighted by atomic mass is 16.5. The molecule has 72 valence electrons. The highest BCUT2D eigenvalue weighted by molar-refractivity contribution is 5.56. The van der Waals surface area contributed by atoms with Gasteiger partial charge in [0, 0.05) is 7.09 Å². The minimum Gasteiger partial charge on any atom is -0.391 e. The summed E-state index contributed by atoms with van der Waals surface area (Å²) in [6.45, 7) is 1.29. The summed E-state index contributed by atoms with van der Waals surface area (Å²) in [6, 6.07) is 0. The SMILES string of the molecule is [2H]CO[C@H]([C@@H](O)[C@H](C)O)[C@@H](O)C=O. The largest absolute Gasteiger partial charge is 0.391 e. The number of aliphatic hydroxyl groups excluding tert-OH is 3. The van der Waals surface area contributed by atoms with Gasteiger partial charge in [0.25, 0.3) is 0 Å². The fourth-order valence-electron chi connectivity index (χ4n) is 0.751. The van der Waals surface area contributed by atoms with E-state index in [4.69, 9.17) is 11.6 Å². The minimum atomic E-state index is -1.53. The smallest absolute Gasteiger partial charge is 0.151 e. The van der Waals surface area contributed by atoms with Crippen molar-refractivity contribution in [2.45, 2.75) is 31.3 Å². The highest BCUT2D eigenvalue weighted by Crippen LogP contribution is 2.06. The maximum Gasteiger partial charge on any atom is 0.151 e. The second kappa shape index (κ2) is 5.21. The van der Waals surface area contributed by atoms with Crippen LogP contribution in [0.5, 0.6) is 0 Å². The van der Waals surface area contributed by atoms with Gasteiger partial charge in [-0.3, -0.25) is 0 Å². The van der Waals surface area contributed by atoms with Gasteiger partial charge in [0.1, 0.15) is 18.3 Å². The molecule has 0 unspecified atom stereocenters. The zero-order valence-electron chi connectivity index (χ0n) is 7.75. The first kappa shape index (κ1) is 9.60. The van der Waals surface area contributed by atoms with E-state index in [1.807, 2.05) is 0 Å². The van der Waals surface area contributed by atoms with Crippen molar-refractivity contribution in [3.05, 3.63) is 0 Å². The molecule has 0 saturated carbocycles. The molecule has 3 N–H and O–H groups in total. The summed E-state index contributed by atoms with van der Waals surface area (Å²) < 4.78 is 11.3. The Labute approximate surface area is 72.0 Å². The molecule has 0 aromatic heterocycles.